The predicted molar refractivity (Wildman–Crippen MR) is 106 cm³/mol. The first kappa shape index (κ1) is 17.1. The van der Waals surface area contributed by atoms with E-state index in [-0.39, 0.29) is 0 Å². The zero-order valence-electron chi connectivity index (χ0n) is 15.3. The van der Waals surface area contributed by atoms with Crippen molar-refractivity contribution in [2.24, 2.45) is 0 Å². The van der Waals surface area contributed by atoms with E-state index < -0.39 is 0 Å². The molecule has 1 aliphatic rings. The van der Waals surface area contributed by atoms with Crippen LogP contribution in [0.1, 0.15) is 6.92 Å². The Hall–Kier alpha value is -2.37. The van der Waals surface area contributed by atoms with Crippen LogP contribution < -0.4 is 4.74 Å². The van der Waals surface area contributed by atoms with E-state index >= 15 is 0 Å². The lowest BCUT2D eigenvalue weighted by Crippen LogP contribution is -2.47. The minimum absolute atomic E-state index is 0.732. The van der Waals surface area contributed by atoms with E-state index in [0.29, 0.717) is 0 Å². The van der Waals surface area contributed by atoms with E-state index in [1.54, 1.807) is 0 Å². The van der Waals surface area contributed by atoms with Crippen molar-refractivity contribution < 1.29 is 4.74 Å². The van der Waals surface area contributed by atoms with Crippen LogP contribution in [0.5, 0.6) is 5.75 Å². The van der Waals surface area contributed by atoms with Crippen LogP contribution in [0.15, 0.2) is 48.5 Å². The van der Waals surface area contributed by atoms with Gasteiger partial charge in [0.05, 0.1) is 11.0 Å². The Morgan fingerprint density at radius 2 is 1.69 bits per heavy atom. The average Bonchev–Trinajstić information content (AvgIpc) is 3.13. The fourth-order valence-corrected chi connectivity index (χ4v) is 3.42. The molecular weight excluding hydrogens is 324 g/mol. The van der Waals surface area contributed by atoms with Crippen LogP contribution in [0.2, 0.25) is 0 Å². The van der Waals surface area contributed by atoms with E-state index in [1.807, 2.05) is 36.4 Å². The molecule has 136 valence electrons. The molecule has 1 aromatic heterocycles. The molecule has 0 aliphatic carbocycles. The average molecular weight is 350 g/mol. The summed E-state index contributed by atoms with van der Waals surface area (Å²) < 4.78 is 5.93. The number of ether oxygens (including phenoxy) is 1. The number of aromatic amines is 1. The molecule has 0 bridgehead atoms. The Labute approximate surface area is 154 Å². The Morgan fingerprint density at radius 1 is 0.962 bits per heavy atom. The van der Waals surface area contributed by atoms with Crippen molar-refractivity contribution >= 4 is 11.0 Å². The van der Waals surface area contributed by atoms with Gasteiger partial charge in [-0.25, -0.2) is 4.98 Å². The van der Waals surface area contributed by atoms with Gasteiger partial charge in [-0.05, 0) is 42.9 Å². The molecule has 0 spiro atoms. The summed E-state index contributed by atoms with van der Waals surface area (Å²) in [5.74, 6) is 1.81. The molecule has 2 heterocycles. The molecule has 0 atom stereocenters. The van der Waals surface area contributed by atoms with E-state index in [2.05, 4.69) is 38.8 Å². The van der Waals surface area contributed by atoms with Crippen molar-refractivity contribution in [3.05, 3.63) is 48.5 Å². The van der Waals surface area contributed by atoms with Crippen molar-refractivity contribution in [1.29, 1.82) is 0 Å². The molecule has 0 amide bonds. The first-order chi connectivity index (χ1) is 12.8. The maximum atomic E-state index is 5.93. The van der Waals surface area contributed by atoms with Gasteiger partial charge in [0.15, 0.2) is 0 Å². The highest BCUT2D eigenvalue weighted by Gasteiger charge is 2.14. The van der Waals surface area contributed by atoms with Crippen LogP contribution in [0, 0.1) is 0 Å². The number of nitrogens with zero attached hydrogens (tertiary/aromatic N) is 3. The number of hydrogen-bond donors (Lipinski definition) is 1. The molecule has 5 heteroatoms. The van der Waals surface area contributed by atoms with Crippen molar-refractivity contribution in [3.63, 3.8) is 0 Å². The van der Waals surface area contributed by atoms with Gasteiger partial charge in [0.25, 0.3) is 0 Å². The number of H-pyrrole nitrogens is 1. The van der Waals surface area contributed by atoms with Crippen LogP contribution in [0.4, 0.5) is 0 Å². The van der Waals surface area contributed by atoms with E-state index in [9.17, 15) is 0 Å². The second-order valence-electron chi connectivity index (χ2n) is 6.75. The van der Waals surface area contributed by atoms with Crippen molar-refractivity contribution in [2.45, 2.75) is 6.92 Å². The molecular formula is C21H26N4O. The van der Waals surface area contributed by atoms with Gasteiger partial charge in [0.2, 0.25) is 0 Å². The number of likely N-dealkylation sites (N-methyl/N-ethyl adjacent to an activating group) is 1. The Bertz CT molecular complexity index is 802. The standard InChI is InChI=1S/C21H26N4O/c1-2-24-11-13-25(14-12-24)15-16-26-18-9-7-17(8-10-18)21-22-19-5-3-4-6-20(19)23-21/h3-10H,2,11-16H2,1H3,(H,22,23). The third-order valence-corrected chi connectivity index (χ3v) is 5.11. The van der Waals surface area contributed by atoms with Gasteiger partial charge in [-0.15, -0.1) is 0 Å². The summed E-state index contributed by atoms with van der Waals surface area (Å²) in [6.07, 6.45) is 0. The number of imidazole rings is 1. The minimum atomic E-state index is 0.732. The van der Waals surface area contributed by atoms with Crippen LogP contribution in [0.25, 0.3) is 22.4 Å². The van der Waals surface area contributed by atoms with Crippen molar-refractivity contribution in [1.82, 2.24) is 19.8 Å². The molecule has 1 saturated heterocycles. The summed E-state index contributed by atoms with van der Waals surface area (Å²) in [6.45, 7) is 9.73. The monoisotopic (exact) mass is 350 g/mol. The molecule has 0 radical (unpaired) electrons. The third kappa shape index (κ3) is 3.89. The second kappa shape index (κ2) is 7.89. The lowest BCUT2D eigenvalue weighted by molar-refractivity contribution is 0.121. The Morgan fingerprint density at radius 3 is 2.42 bits per heavy atom. The summed E-state index contributed by atoms with van der Waals surface area (Å²) in [6, 6.07) is 16.3. The largest absolute Gasteiger partial charge is 0.492 e. The molecule has 0 unspecified atom stereocenters. The quantitative estimate of drug-likeness (QED) is 0.741. The van der Waals surface area contributed by atoms with Gasteiger partial charge < -0.3 is 14.6 Å². The number of benzene rings is 2. The fourth-order valence-electron chi connectivity index (χ4n) is 3.42. The zero-order chi connectivity index (χ0) is 17.8. The number of fused-ring (bicyclic) bond motifs is 1. The molecule has 3 aromatic rings. The molecule has 4 rings (SSSR count). The Kier molecular flexibility index (Phi) is 5.18. The SMILES string of the molecule is CCN1CCN(CCOc2ccc(-c3nc4ccccc4[nH]3)cc2)CC1. The number of hydrogen-bond acceptors (Lipinski definition) is 4. The smallest absolute Gasteiger partial charge is 0.138 e. The van der Waals surface area contributed by atoms with Gasteiger partial charge >= 0.3 is 0 Å². The van der Waals surface area contributed by atoms with E-state index in [4.69, 9.17) is 4.74 Å². The molecule has 1 N–H and O–H groups in total. The van der Waals surface area contributed by atoms with Crippen molar-refractivity contribution in [2.75, 3.05) is 45.9 Å². The molecule has 2 aromatic carbocycles. The Balaban J connectivity index is 1.30. The van der Waals surface area contributed by atoms with Crippen LogP contribution in [0.3, 0.4) is 0 Å². The predicted octanol–water partition coefficient (Wildman–Crippen LogP) is 3.25. The highest BCUT2D eigenvalue weighted by atomic mass is 16.5. The zero-order valence-corrected chi connectivity index (χ0v) is 15.3. The lowest BCUT2D eigenvalue weighted by Gasteiger charge is -2.33. The lowest BCUT2D eigenvalue weighted by atomic mass is 10.2. The fraction of sp³-hybridized carbons (Fsp3) is 0.381. The number of piperazine rings is 1. The summed E-state index contributed by atoms with van der Waals surface area (Å²) in [7, 11) is 0. The number of rotatable bonds is 6. The maximum Gasteiger partial charge on any atom is 0.138 e. The van der Waals surface area contributed by atoms with Gasteiger partial charge in [-0.3, -0.25) is 4.90 Å². The number of aromatic nitrogens is 2. The summed E-state index contributed by atoms with van der Waals surface area (Å²) in [5, 5.41) is 0. The summed E-state index contributed by atoms with van der Waals surface area (Å²) in [4.78, 5) is 13.0. The highest BCUT2D eigenvalue weighted by molar-refractivity contribution is 5.79. The number of nitrogens with one attached hydrogen (secondary N) is 1. The first-order valence-corrected chi connectivity index (χ1v) is 9.44. The normalized spacial score (nSPS) is 16.2. The second-order valence-corrected chi connectivity index (χ2v) is 6.75. The summed E-state index contributed by atoms with van der Waals surface area (Å²) in [5.41, 5.74) is 3.13. The first-order valence-electron chi connectivity index (χ1n) is 9.44. The van der Waals surface area contributed by atoms with Crippen LogP contribution in [-0.2, 0) is 0 Å². The van der Waals surface area contributed by atoms with Crippen LogP contribution in [-0.4, -0.2) is 65.6 Å². The van der Waals surface area contributed by atoms with E-state index in [1.165, 1.54) is 13.1 Å². The highest BCUT2D eigenvalue weighted by Crippen LogP contribution is 2.22. The topological polar surface area (TPSA) is 44.4 Å². The van der Waals surface area contributed by atoms with E-state index in [0.717, 1.165) is 61.0 Å². The molecule has 0 saturated carbocycles. The van der Waals surface area contributed by atoms with Gasteiger partial charge in [-0.2, -0.15) is 0 Å². The minimum Gasteiger partial charge on any atom is -0.492 e. The maximum absolute atomic E-state index is 5.93. The number of para-hydroxylation sites is 2. The summed E-state index contributed by atoms with van der Waals surface area (Å²) >= 11 is 0. The molecule has 26 heavy (non-hydrogen) atoms. The third-order valence-electron chi connectivity index (χ3n) is 5.11. The molecule has 1 fully saturated rings. The van der Waals surface area contributed by atoms with Crippen molar-refractivity contribution in [3.8, 4) is 17.1 Å². The van der Waals surface area contributed by atoms with Gasteiger partial charge in [-0.1, -0.05) is 19.1 Å². The molecule has 1 aliphatic heterocycles. The van der Waals surface area contributed by atoms with Crippen LogP contribution >= 0.6 is 0 Å². The molecule has 5 nitrogen and oxygen atoms in total. The van der Waals surface area contributed by atoms with Gasteiger partial charge in [0.1, 0.15) is 18.2 Å². The van der Waals surface area contributed by atoms with Gasteiger partial charge in [0, 0.05) is 38.3 Å².